The molecule has 3 aromatic heterocycles. The highest BCUT2D eigenvalue weighted by Gasteiger charge is 2.43. The first kappa shape index (κ1) is 18.1. The van der Waals surface area contributed by atoms with Gasteiger partial charge in [0.2, 0.25) is 11.8 Å². The Morgan fingerprint density at radius 1 is 1.32 bits per heavy atom. The van der Waals surface area contributed by atoms with Crippen LogP contribution in [-0.2, 0) is 11.2 Å². The number of rotatable bonds is 5. The van der Waals surface area contributed by atoms with Gasteiger partial charge in [0.1, 0.15) is 17.8 Å². The van der Waals surface area contributed by atoms with E-state index in [2.05, 4.69) is 20.3 Å². The van der Waals surface area contributed by atoms with Crippen molar-refractivity contribution < 1.29 is 13.9 Å². The summed E-state index contributed by atoms with van der Waals surface area (Å²) in [6.45, 7) is 2.04. The molecule has 28 heavy (non-hydrogen) atoms. The molecule has 2 atom stereocenters. The number of methoxy groups -OCH3 is 1. The first-order valence-electron chi connectivity index (χ1n) is 9.04. The molecule has 1 saturated carbocycles. The SMILES string of the molecule is CCc1cc(OC)ncc1-c1cc2cc(NC(=O)C3CC3F)ncc2c(N)n1. The van der Waals surface area contributed by atoms with E-state index >= 15 is 0 Å². The molecule has 0 aromatic carbocycles. The van der Waals surface area contributed by atoms with E-state index in [1.807, 2.05) is 19.1 Å². The van der Waals surface area contributed by atoms with Crippen LogP contribution < -0.4 is 15.8 Å². The van der Waals surface area contributed by atoms with Crippen LogP contribution in [0.25, 0.3) is 22.0 Å². The Balaban J connectivity index is 1.73. The van der Waals surface area contributed by atoms with Gasteiger partial charge in [0.25, 0.3) is 0 Å². The lowest BCUT2D eigenvalue weighted by molar-refractivity contribution is -0.117. The number of alkyl halides is 1. The van der Waals surface area contributed by atoms with Gasteiger partial charge in [-0.25, -0.2) is 19.3 Å². The first-order chi connectivity index (χ1) is 13.5. The van der Waals surface area contributed by atoms with Crippen LogP contribution in [0, 0.1) is 5.92 Å². The van der Waals surface area contributed by atoms with Crippen molar-refractivity contribution in [2.75, 3.05) is 18.2 Å². The van der Waals surface area contributed by atoms with Crippen LogP contribution in [0.2, 0.25) is 0 Å². The highest BCUT2D eigenvalue weighted by atomic mass is 19.1. The number of carbonyl (C=O) groups is 1. The molecule has 1 fully saturated rings. The summed E-state index contributed by atoms with van der Waals surface area (Å²) >= 11 is 0. The number of nitrogens with one attached hydrogen (secondary N) is 1. The number of nitrogens with two attached hydrogens (primary N) is 1. The van der Waals surface area contributed by atoms with Gasteiger partial charge in [0.15, 0.2) is 0 Å². The van der Waals surface area contributed by atoms with E-state index in [1.165, 1.54) is 0 Å². The van der Waals surface area contributed by atoms with Crippen molar-refractivity contribution >= 4 is 28.3 Å². The summed E-state index contributed by atoms with van der Waals surface area (Å²) in [6.07, 6.45) is 3.26. The Hall–Kier alpha value is -3.29. The molecule has 1 amide bonds. The second-order valence-corrected chi connectivity index (χ2v) is 6.77. The van der Waals surface area contributed by atoms with Crippen LogP contribution in [-0.4, -0.2) is 34.1 Å². The highest BCUT2D eigenvalue weighted by molar-refractivity contribution is 5.98. The Morgan fingerprint density at radius 2 is 2.11 bits per heavy atom. The van der Waals surface area contributed by atoms with Crippen LogP contribution in [0.4, 0.5) is 16.0 Å². The number of halogens is 1. The van der Waals surface area contributed by atoms with E-state index in [0.717, 1.165) is 22.9 Å². The van der Waals surface area contributed by atoms with Crippen LogP contribution in [0.5, 0.6) is 5.88 Å². The number of aryl methyl sites for hydroxylation is 1. The molecule has 1 aliphatic rings. The number of ether oxygens (including phenoxy) is 1. The van der Waals surface area contributed by atoms with Crippen molar-refractivity contribution in [3.63, 3.8) is 0 Å². The van der Waals surface area contributed by atoms with Gasteiger partial charge in [-0.3, -0.25) is 4.79 Å². The number of anilines is 2. The van der Waals surface area contributed by atoms with Gasteiger partial charge in [-0.15, -0.1) is 0 Å². The van der Waals surface area contributed by atoms with E-state index in [-0.39, 0.29) is 12.3 Å². The number of nitrogens with zero attached hydrogens (tertiary/aromatic N) is 3. The average molecular weight is 381 g/mol. The lowest BCUT2D eigenvalue weighted by Crippen LogP contribution is -2.15. The maximum absolute atomic E-state index is 13.1. The van der Waals surface area contributed by atoms with Crippen molar-refractivity contribution in [1.82, 2.24) is 15.0 Å². The summed E-state index contributed by atoms with van der Waals surface area (Å²) in [5.41, 5.74) is 8.70. The van der Waals surface area contributed by atoms with Crippen LogP contribution in [0.3, 0.4) is 0 Å². The van der Waals surface area contributed by atoms with Gasteiger partial charge in [-0.1, -0.05) is 6.92 Å². The van der Waals surface area contributed by atoms with E-state index < -0.39 is 12.1 Å². The summed E-state index contributed by atoms with van der Waals surface area (Å²) in [7, 11) is 1.57. The molecule has 3 aromatic rings. The standard InChI is InChI=1S/C20H20FN5O2/c1-3-10-6-18(28-2)24-8-13(10)16-4-11-5-17(23-9-14(11)19(22)25-16)26-20(27)12-7-15(12)21/h4-6,8-9,12,15H,3,7H2,1-2H3,(H2,22,25)(H,23,26,27). The minimum Gasteiger partial charge on any atom is -0.481 e. The minimum atomic E-state index is -1.05. The Morgan fingerprint density at radius 3 is 2.79 bits per heavy atom. The molecule has 0 aliphatic heterocycles. The number of hydrogen-bond donors (Lipinski definition) is 2. The molecule has 7 nitrogen and oxygen atoms in total. The summed E-state index contributed by atoms with van der Waals surface area (Å²) in [6, 6.07) is 5.46. The fraction of sp³-hybridized carbons (Fsp3) is 0.300. The maximum Gasteiger partial charge on any atom is 0.231 e. The van der Waals surface area contributed by atoms with Crippen LogP contribution in [0.15, 0.2) is 30.6 Å². The zero-order valence-corrected chi connectivity index (χ0v) is 15.6. The molecule has 144 valence electrons. The van der Waals surface area contributed by atoms with Crippen molar-refractivity contribution in [2.45, 2.75) is 25.9 Å². The van der Waals surface area contributed by atoms with Gasteiger partial charge in [-0.05, 0) is 35.9 Å². The molecular formula is C20H20FN5O2. The Kier molecular flexibility index (Phi) is 4.54. The topological polar surface area (TPSA) is 103 Å². The van der Waals surface area contributed by atoms with Crippen LogP contribution in [0.1, 0.15) is 18.9 Å². The lowest BCUT2D eigenvalue weighted by Gasteiger charge is -2.12. The molecular weight excluding hydrogens is 361 g/mol. The number of amides is 1. The summed E-state index contributed by atoms with van der Waals surface area (Å²) in [5, 5.41) is 4.12. The molecule has 0 bridgehead atoms. The predicted molar refractivity (Wildman–Crippen MR) is 105 cm³/mol. The zero-order chi connectivity index (χ0) is 19.8. The van der Waals surface area contributed by atoms with Crippen molar-refractivity contribution in [1.29, 1.82) is 0 Å². The normalized spacial score (nSPS) is 18.1. The second-order valence-electron chi connectivity index (χ2n) is 6.77. The average Bonchev–Trinajstić information content (AvgIpc) is 3.44. The smallest absolute Gasteiger partial charge is 0.231 e. The molecule has 0 spiro atoms. The van der Waals surface area contributed by atoms with E-state index in [4.69, 9.17) is 10.5 Å². The minimum absolute atomic E-state index is 0.269. The van der Waals surface area contributed by atoms with Gasteiger partial charge in [0, 0.05) is 29.4 Å². The van der Waals surface area contributed by atoms with Crippen LogP contribution >= 0.6 is 0 Å². The molecule has 8 heteroatoms. The molecule has 3 heterocycles. The largest absolute Gasteiger partial charge is 0.481 e. The summed E-state index contributed by atoms with van der Waals surface area (Å²) < 4.78 is 18.3. The van der Waals surface area contributed by atoms with Gasteiger partial charge >= 0.3 is 0 Å². The molecule has 0 radical (unpaired) electrons. The fourth-order valence-electron chi connectivity index (χ4n) is 3.14. The number of carbonyl (C=O) groups excluding carboxylic acids is 1. The second kappa shape index (κ2) is 7.03. The highest BCUT2D eigenvalue weighted by Crippen LogP contribution is 2.35. The van der Waals surface area contributed by atoms with E-state index in [1.54, 1.807) is 25.6 Å². The summed E-state index contributed by atoms with van der Waals surface area (Å²) in [4.78, 5) is 24.9. The summed E-state index contributed by atoms with van der Waals surface area (Å²) in [5.74, 6) is 0.301. The Bertz CT molecular complexity index is 1070. The molecule has 2 unspecified atom stereocenters. The van der Waals surface area contributed by atoms with Crippen molar-refractivity contribution in [3.8, 4) is 17.1 Å². The maximum atomic E-state index is 13.1. The number of fused-ring (bicyclic) bond motifs is 1. The third kappa shape index (κ3) is 3.33. The Labute approximate surface area is 161 Å². The number of aromatic nitrogens is 3. The number of nitrogen functional groups attached to an aromatic ring is 1. The number of pyridine rings is 3. The first-order valence-corrected chi connectivity index (χ1v) is 9.04. The van der Waals surface area contributed by atoms with Gasteiger partial charge in [0.05, 0.1) is 18.7 Å². The zero-order valence-electron chi connectivity index (χ0n) is 15.6. The van der Waals surface area contributed by atoms with E-state index in [0.29, 0.717) is 28.6 Å². The fourth-order valence-corrected chi connectivity index (χ4v) is 3.14. The number of hydrogen-bond acceptors (Lipinski definition) is 6. The monoisotopic (exact) mass is 381 g/mol. The molecule has 1 aliphatic carbocycles. The third-order valence-corrected chi connectivity index (χ3v) is 4.88. The molecule has 3 N–H and O–H groups in total. The van der Waals surface area contributed by atoms with Gasteiger partial charge < -0.3 is 15.8 Å². The third-order valence-electron chi connectivity index (χ3n) is 4.88. The van der Waals surface area contributed by atoms with Gasteiger partial charge in [-0.2, -0.15) is 0 Å². The van der Waals surface area contributed by atoms with E-state index in [9.17, 15) is 9.18 Å². The van der Waals surface area contributed by atoms with Crippen molar-refractivity contribution in [3.05, 3.63) is 36.2 Å². The lowest BCUT2D eigenvalue weighted by atomic mass is 10.0. The predicted octanol–water partition coefficient (Wildman–Crippen LogP) is 3.14. The quantitative estimate of drug-likeness (QED) is 0.704. The molecule has 4 rings (SSSR count). The van der Waals surface area contributed by atoms with Crippen molar-refractivity contribution in [2.24, 2.45) is 5.92 Å². The molecule has 0 saturated heterocycles.